The first-order valence-corrected chi connectivity index (χ1v) is 4.08. The predicted octanol–water partition coefficient (Wildman–Crippen LogP) is 2.92. The van der Waals surface area contributed by atoms with Crippen molar-refractivity contribution in [1.29, 1.82) is 0 Å². The fourth-order valence-electron chi connectivity index (χ4n) is 0.872. The molecule has 68 valence electrons. The van der Waals surface area contributed by atoms with Crippen molar-refractivity contribution in [2.75, 3.05) is 19.5 Å². The fraction of sp³-hybridized carbons (Fsp3) is 0.250. The lowest BCUT2D eigenvalue weighted by Crippen LogP contribution is -1.92. The Hall–Kier alpha value is -0.410. The van der Waals surface area contributed by atoms with Gasteiger partial charge >= 0.3 is 0 Å². The molecular weight excluding hydrogens is 241 g/mol. The second kappa shape index (κ2) is 5.27. The van der Waals surface area contributed by atoms with E-state index in [0.29, 0.717) is 0 Å². The van der Waals surface area contributed by atoms with Crippen molar-refractivity contribution in [1.82, 2.24) is 0 Å². The molecule has 4 heteroatoms. The number of methoxy groups -OCH3 is 1. The average Bonchev–Trinajstić information content (AvgIpc) is 2.04. The molecule has 2 nitrogen and oxygen atoms in total. The van der Waals surface area contributed by atoms with Crippen LogP contribution < -0.4 is 10.1 Å². The minimum Gasteiger partial charge on any atom is -0.495 e. The van der Waals surface area contributed by atoms with Crippen molar-refractivity contribution in [2.24, 2.45) is 0 Å². The smallest absolute Gasteiger partial charge is 0.143 e. The van der Waals surface area contributed by atoms with Gasteiger partial charge in [-0.05, 0) is 18.2 Å². The lowest BCUT2D eigenvalue weighted by molar-refractivity contribution is 0.416. The Balaban J connectivity index is 0.00000121. The Kier molecular flexibility index (Phi) is 5.09. The Bertz CT molecular complexity index is 255. The molecule has 0 aliphatic carbocycles. The van der Waals surface area contributed by atoms with E-state index < -0.39 is 0 Å². The summed E-state index contributed by atoms with van der Waals surface area (Å²) in [6, 6.07) is 5.85. The molecule has 0 bridgehead atoms. The molecule has 0 aromatic heterocycles. The van der Waals surface area contributed by atoms with E-state index >= 15 is 0 Å². The van der Waals surface area contributed by atoms with Gasteiger partial charge in [0.2, 0.25) is 0 Å². The number of benzene rings is 1. The quantitative estimate of drug-likeness (QED) is 0.874. The van der Waals surface area contributed by atoms with Gasteiger partial charge in [0.25, 0.3) is 0 Å². The molecule has 0 spiro atoms. The summed E-state index contributed by atoms with van der Waals surface area (Å²) in [6.07, 6.45) is 0. The second-order valence-corrected chi connectivity index (χ2v) is 3.01. The molecule has 0 aliphatic heterocycles. The summed E-state index contributed by atoms with van der Waals surface area (Å²) in [7, 11) is 3.52. The average molecular weight is 253 g/mol. The number of ether oxygens (including phenoxy) is 1. The minimum absolute atomic E-state index is 0. The van der Waals surface area contributed by atoms with Crippen molar-refractivity contribution in [3.05, 3.63) is 22.7 Å². The van der Waals surface area contributed by atoms with Gasteiger partial charge in [0, 0.05) is 11.5 Å². The molecule has 0 atom stereocenters. The number of hydrogen-bond donors (Lipinski definition) is 1. The molecule has 1 aromatic carbocycles. The molecule has 12 heavy (non-hydrogen) atoms. The van der Waals surface area contributed by atoms with Crippen LogP contribution in [0.15, 0.2) is 22.7 Å². The molecule has 0 radical (unpaired) electrons. The van der Waals surface area contributed by atoms with Gasteiger partial charge < -0.3 is 10.1 Å². The van der Waals surface area contributed by atoms with E-state index in [1.54, 1.807) is 7.11 Å². The van der Waals surface area contributed by atoms with E-state index in [0.717, 1.165) is 15.9 Å². The maximum atomic E-state index is 5.12. The number of halogens is 2. The number of hydrogen-bond acceptors (Lipinski definition) is 2. The first-order valence-electron chi connectivity index (χ1n) is 3.29. The molecule has 0 saturated carbocycles. The highest BCUT2D eigenvalue weighted by atomic mass is 79.9. The summed E-state index contributed by atoms with van der Waals surface area (Å²) in [6.45, 7) is 0. The second-order valence-electron chi connectivity index (χ2n) is 2.09. The van der Waals surface area contributed by atoms with Crippen LogP contribution in [0, 0.1) is 0 Å². The molecule has 0 unspecified atom stereocenters. The standard InChI is InChI=1S/C8H10BrNO.ClH/c1-10-7-4-3-6(9)5-8(7)11-2;/h3-5,10H,1-2H3;1H. The number of nitrogens with one attached hydrogen (secondary N) is 1. The summed E-state index contributed by atoms with van der Waals surface area (Å²) in [4.78, 5) is 0. The topological polar surface area (TPSA) is 21.3 Å². The Morgan fingerprint density at radius 2 is 2.08 bits per heavy atom. The van der Waals surface area contributed by atoms with Gasteiger partial charge in [-0.25, -0.2) is 0 Å². The summed E-state index contributed by atoms with van der Waals surface area (Å²) in [5.74, 6) is 0.849. The van der Waals surface area contributed by atoms with Crippen LogP contribution in [0.4, 0.5) is 5.69 Å². The van der Waals surface area contributed by atoms with Crippen LogP contribution in [-0.4, -0.2) is 14.2 Å². The van der Waals surface area contributed by atoms with Gasteiger partial charge in [-0.15, -0.1) is 12.4 Å². The van der Waals surface area contributed by atoms with Gasteiger partial charge in [-0.2, -0.15) is 0 Å². The molecule has 0 fully saturated rings. The monoisotopic (exact) mass is 251 g/mol. The van der Waals surface area contributed by atoms with Crippen molar-refractivity contribution in [3.8, 4) is 5.75 Å². The zero-order valence-electron chi connectivity index (χ0n) is 6.93. The summed E-state index contributed by atoms with van der Waals surface area (Å²) >= 11 is 3.36. The SMILES string of the molecule is CNc1ccc(Br)cc1OC.Cl. The highest BCUT2D eigenvalue weighted by molar-refractivity contribution is 9.10. The van der Waals surface area contributed by atoms with Gasteiger partial charge in [-0.3, -0.25) is 0 Å². The predicted molar refractivity (Wildman–Crippen MR) is 57.5 cm³/mol. The summed E-state index contributed by atoms with van der Waals surface area (Å²) < 4.78 is 6.15. The van der Waals surface area contributed by atoms with Crippen LogP contribution in [0.3, 0.4) is 0 Å². The lowest BCUT2D eigenvalue weighted by atomic mass is 10.3. The Labute approximate surface area is 86.8 Å². The molecule has 1 rings (SSSR count). The molecule has 0 aliphatic rings. The van der Waals surface area contributed by atoms with E-state index in [1.807, 2.05) is 25.2 Å². The van der Waals surface area contributed by atoms with Crippen LogP contribution >= 0.6 is 28.3 Å². The van der Waals surface area contributed by atoms with Crippen molar-refractivity contribution in [2.45, 2.75) is 0 Å². The van der Waals surface area contributed by atoms with Gasteiger partial charge in [-0.1, -0.05) is 15.9 Å². The van der Waals surface area contributed by atoms with E-state index in [4.69, 9.17) is 4.74 Å². The maximum Gasteiger partial charge on any atom is 0.143 e. The van der Waals surface area contributed by atoms with Crippen molar-refractivity contribution >= 4 is 34.0 Å². The molecule has 1 N–H and O–H groups in total. The Morgan fingerprint density at radius 3 is 2.58 bits per heavy atom. The zero-order chi connectivity index (χ0) is 8.27. The Morgan fingerprint density at radius 1 is 1.42 bits per heavy atom. The van der Waals surface area contributed by atoms with E-state index in [2.05, 4.69) is 21.2 Å². The highest BCUT2D eigenvalue weighted by Gasteiger charge is 1.99. The number of anilines is 1. The van der Waals surface area contributed by atoms with Crippen molar-refractivity contribution in [3.63, 3.8) is 0 Å². The van der Waals surface area contributed by atoms with E-state index in [-0.39, 0.29) is 12.4 Å². The summed E-state index contributed by atoms with van der Waals surface area (Å²) in [5, 5.41) is 3.03. The highest BCUT2D eigenvalue weighted by Crippen LogP contribution is 2.27. The first kappa shape index (κ1) is 11.6. The third-order valence-electron chi connectivity index (χ3n) is 1.43. The third kappa shape index (κ3) is 2.57. The van der Waals surface area contributed by atoms with Gasteiger partial charge in [0.05, 0.1) is 12.8 Å². The lowest BCUT2D eigenvalue weighted by Gasteiger charge is -2.07. The molecule has 0 heterocycles. The van der Waals surface area contributed by atoms with E-state index in [1.165, 1.54) is 0 Å². The molecule has 1 aromatic rings. The van der Waals surface area contributed by atoms with Crippen molar-refractivity contribution < 1.29 is 4.74 Å². The van der Waals surface area contributed by atoms with E-state index in [9.17, 15) is 0 Å². The molecule has 0 amide bonds. The van der Waals surface area contributed by atoms with Gasteiger partial charge in [0.1, 0.15) is 5.75 Å². The molecular formula is C8H11BrClNO. The molecule has 0 saturated heterocycles. The third-order valence-corrected chi connectivity index (χ3v) is 1.93. The zero-order valence-corrected chi connectivity index (χ0v) is 9.33. The van der Waals surface area contributed by atoms with Gasteiger partial charge in [0.15, 0.2) is 0 Å². The minimum atomic E-state index is 0. The van der Waals surface area contributed by atoms with Crippen LogP contribution in [0.2, 0.25) is 0 Å². The van der Waals surface area contributed by atoms with Crippen LogP contribution in [-0.2, 0) is 0 Å². The maximum absolute atomic E-state index is 5.12. The number of rotatable bonds is 2. The first-order chi connectivity index (χ1) is 5.27. The van der Waals surface area contributed by atoms with Crippen LogP contribution in [0.25, 0.3) is 0 Å². The van der Waals surface area contributed by atoms with Crippen LogP contribution in [0.5, 0.6) is 5.75 Å². The largest absolute Gasteiger partial charge is 0.495 e. The normalized spacial score (nSPS) is 8.58. The summed E-state index contributed by atoms with van der Waals surface area (Å²) in [5.41, 5.74) is 0.996. The fourth-order valence-corrected chi connectivity index (χ4v) is 1.21. The van der Waals surface area contributed by atoms with Crippen LogP contribution in [0.1, 0.15) is 0 Å².